The number of fused-ring (bicyclic) bond motifs is 1. The molecule has 4 nitrogen and oxygen atoms in total. The highest BCUT2D eigenvalue weighted by Gasteiger charge is 2.05. The van der Waals surface area contributed by atoms with Gasteiger partial charge in [-0.25, -0.2) is 0 Å². The zero-order valence-electron chi connectivity index (χ0n) is 8.09. The second-order valence-electron chi connectivity index (χ2n) is 3.15. The van der Waals surface area contributed by atoms with Crippen molar-refractivity contribution in [1.82, 2.24) is 4.98 Å². The lowest BCUT2D eigenvalue weighted by molar-refractivity contribution is 0.116. The van der Waals surface area contributed by atoms with Crippen LogP contribution in [0, 0.1) is 0 Å². The molecule has 0 spiro atoms. The van der Waals surface area contributed by atoms with Crippen LogP contribution < -0.4 is 10.5 Å². The molecule has 0 aliphatic heterocycles. The fourth-order valence-electron chi connectivity index (χ4n) is 1.16. The second-order valence-corrected chi connectivity index (χ2v) is 4.20. The van der Waals surface area contributed by atoms with Gasteiger partial charge < -0.3 is 15.6 Å². The third-order valence-electron chi connectivity index (χ3n) is 1.95. The summed E-state index contributed by atoms with van der Waals surface area (Å²) in [5.41, 5.74) is 6.19. The Labute approximate surface area is 91.3 Å². The molecule has 0 radical (unpaired) electrons. The van der Waals surface area contributed by atoms with Crippen molar-refractivity contribution in [2.24, 2.45) is 5.73 Å². The number of ether oxygens (including phenoxy) is 1. The molecular weight excluding hydrogens is 212 g/mol. The number of rotatable bonds is 4. The molecule has 0 aromatic carbocycles. The standard InChI is InChI=1S/C10H12N2O2S/c11-5-7(13)6-14-10-4-8-9(15-10)2-1-3-12-8/h1-4,7,13H,5-6,11H2. The first kappa shape index (κ1) is 10.4. The minimum Gasteiger partial charge on any atom is -0.481 e. The Morgan fingerprint density at radius 2 is 2.47 bits per heavy atom. The molecule has 1 atom stereocenters. The van der Waals surface area contributed by atoms with Gasteiger partial charge in [0.2, 0.25) is 0 Å². The molecule has 15 heavy (non-hydrogen) atoms. The van der Waals surface area contributed by atoms with Crippen LogP contribution in [0.15, 0.2) is 24.4 Å². The molecule has 2 aromatic heterocycles. The summed E-state index contributed by atoms with van der Waals surface area (Å²) in [4.78, 5) is 4.19. The minimum atomic E-state index is -0.608. The molecule has 1 unspecified atom stereocenters. The number of aliphatic hydroxyl groups is 1. The number of pyridine rings is 1. The molecule has 0 saturated heterocycles. The zero-order valence-corrected chi connectivity index (χ0v) is 8.91. The van der Waals surface area contributed by atoms with Gasteiger partial charge in [-0.1, -0.05) is 11.3 Å². The second kappa shape index (κ2) is 4.57. The minimum absolute atomic E-state index is 0.211. The molecule has 0 bridgehead atoms. The molecule has 0 fully saturated rings. The monoisotopic (exact) mass is 224 g/mol. The quantitative estimate of drug-likeness (QED) is 0.812. The maximum Gasteiger partial charge on any atom is 0.176 e. The average Bonchev–Trinajstić information content (AvgIpc) is 2.68. The number of nitrogens with two attached hydrogens (primary N) is 1. The van der Waals surface area contributed by atoms with Gasteiger partial charge in [-0.15, -0.1) is 0 Å². The van der Waals surface area contributed by atoms with E-state index in [-0.39, 0.29) is 13.2 Å². The fourth-order valence-corrected chi connectivity index (χ4v) is 2.04. The van der Waals surface area contributed by atoms with E-state index in [4.69, 9.17) is 10.5 Å². The van der Waals surface area contributed by atoms with E-state index in [1.54, 1.807) is 6.20 Å². The Balaban J connectivity index is 2.09. The van der Waals surface area contributed by atoms with Crippen LogP contribution in [-0.2, 0) is 0 Å². The normalized spacial score (nSPS) is 12.9. The van der Waals surface area contributed by atoms with E-state index in [1.807, 2.05) is 18.2 Å². The van der Waals surface area contributed by atoms with Crippen molar-refractivity contribution >= 4 is 21.6 Å². The average molecular weight is 224 g/mol. The van der Waals surface area contributed by atoms with E-state index in [9.17, 15) is 5.11 Å². The van der Waals surface area contributed by atoms with E-state index >= 15 is 0 Å². The van der Waals surface area contributed by atoms with E-state index in [1.165, 1.54) is 11.3 Å². The molecule has 0 saturated carbocycles. The molecule has 0 aliphatic carbocycles. The van der Waals surface area contributed by atoms with Crippen molar-refractivity contribution in [3.05, 3.63) is 24.4 Å². The van der Waals surface area contributed by atoms with Gasteiger partial charge in [0.25, 0.3) is 0 Å². The van der Waals surface area contributed by atoms with Crippen LogP contribution >= 0.6 is 11.3 Å². The predicted molar refractivity (Wildman–Crippen MR) is 60.2 cm³/mol. The van der Waals surface area contributed by atoms with Gasteiger partial charge in [-0.05, 0) is 12.1 Å². The first-order chi connectivity index (χ1) is 7.29. The van der Waals surface area contributed by atoms with Crippen molar-refractivity contribution in [3.63, 3.8) is 0 Å². The third-order valence-corrected chi connectivity index (χ3v) is 2.96. The summed E-state index contributed by atoms with van der Waals surface area (Å²) in [7, 11) is 0. The van der Waals surface area contributed by atoms with Gasteiger partial charge in [-0.3, -0.25) is 4.98 Å². The van der Waals surface area contributed by atoms with Gasteiger partial charge in [-0.2, -0.15) is 0 Å². The van der Waals surface area contributed by atoms with Crippen molar-refractivity contribution in [3.8, 4) is 5.06 Å². The first-order valence-electron chi connectivity index (χ1n) is 4.65. The summed E-state index contributed by atoms with van der Waals surface area (Å²) in [5, 5.41) is 9.99. The van der Waals surface area contributed by atoms with Crippen LogP contribution in [0.25, 0.3) is 10.2 Å². The fraction of sp³-hybridized carbons (Fsp3) is 0.300. The van der Waals surface area contributed by atoms with Gasteiger partial charge >= 0.3 is 0 Å². The van der Waals surface area contributed by atoms with Crippen molar-refractivity contribution in [2.75, 3.05) is 13.2 Å². The highest BCUT2D eigenvalue weighted by atomic mass is 32.1. The largest absolute Gasteiger partial charge is 0.481 e. The van der Waals surface area contributed by atoms with Crippen LogP contribution in [0.1, 0.15) is 0 Å². The SMILES string of the molecule is NCC(O)COc1cc2ncccc2s1. The van der Waals surface area contributed by atoms with Crippen molar-refractivity contribution in [1.29, 1.82) is 0 Å². The lowest BCUT2D eigenvalue weighted by atomic mass is 10.4. The Kier molecular flexibility index (Phi) is 3.15. The Hall–Kier alpha value is -1.17. The predicted octanol–water partition coefficient (Wildman–Crippen LogP) is 0.995. The van der Waals surface area contributed by atoms with Crippen LogP contribution in [-0.4, -0.2) is 29.3 Å². The van der Waals surface area contributed by atoms with E-state index < -0.39 is 6.10 Å². The number of hydrogen-bond acceptors (Lipinski definition) is 5. The summed E-state index contributed by atoms with van der Waals surface area (Å²) in [5.74, 6) is 0. The summed E-state index contributed by atoms with van der Waals surface area (Å²) in [6.45, 7) is 0.437. The van der Waals surface area contributed by atoms with Crippen LogP contribution in [0.4, 0.5) is 0 Å². The molecule has 5 heteroatoms. The van der Waals surface area contributed by atoms with Crippen molar-refractivity contribution < 1.29 is 9.84 Å². The van der Waals surface area contributed by atoms with E-state index in [0.29, 0.717) is 0 Å². The summed E-state index contributed by atoms with van der Waals surface area (Å²) in [6, 6.07) is 5.74. The summed E-state index contributed by atoms with van der Waals surface area (Å²) >= 11 is 1.51. The molecule has 0 aliphatic rings. The molecule has 80 valence electrons. The Bertz CT molecular complexity index is 411. The maximum atomic E-state index is 9.23. The van der Waals surface area contributed by atoms with Gasteiger partial charge in [0.05, 0.1) is 10.2 Å². The van der Waals surface area contributed by atoms with Gasteiger partial charge in [0.15, 0.2) is 5.06 Å². The van der Waals surface area contributed by atoms with Crippen LogP contribution in [0.5, 0.6) is 5.06 Å². The number of thiophene rings is 1. The smallest absolute Gasteiger partial charge is 0.176 e. The highest BCUT2D eigenvalue weighted by molar-refractivity contribution is 7.20. The van der Waals surface area contributed by atoms with Gasteiger partial charge in [0.1, 0.15) is 12.7 Å². The van der Waals surface area contributed by atoms with Crippen molar-refractivity contribution in [2.45, 2.75) is 6.10 Å². The molecule has 2 aromatic rings. The number of hydrogen-bond donors (Lipinski definition) is 2. The third kappa shape index (κ3) is 2.44. The van der Waals surface area contributed by atoms with E-state index in [0.717, 1.165) is 15.3 Å². The number of nitrogens with zero attached hydrogens (tertiary/aromatic N) is 1. The molecular formula is C10H12N2O2S. The highest BCUT2D eigenvalue weighted by Crippen LogP contribution is 2.29. The Morgan fingerprint density at radius 1 is 1.60 bits per heavy atom. The number of aromatic nitrogens is 1. The topological polar surface area (TPSA) is 68.4 Å². The zero-order chi connectivity index (χ0) is 10.7. The molecule has 3 N–H and O–H groups in total. The summed E-state index contributed by atoms with van der Waals surface area (Å²) < 4.78 is 6.47. The summed E-state index contributed by atoms with van der Waals surface area (Å²) in [6.07, 6.45) is 1.14. The molecule has 2 rings (SSSR count). The Morgan fingerprint density at radius 3 is 3.20 bits per heavy atom. The maximum absolute atomic E-state index is 9.23. The number of aliphatic hydroxyl groups excluding tert-OH is 1. The van der Waals surface area contributed by atoms with Crippen LogP contribution in [0.3, 0.4) is 0 Å². The van der Waals surface area contributed by atoms with E-state index in [2.05, 4.69) is 4.98 Å². The first-order valence-corrected chi connectivity index (χ1v) is 5.46. The van der Waals surface area contributed by atoms with Crippen LogP contribution in [0.2, 0.25) is 0 Å². The lowest BCUT2D eigenvalue weighted by Crippen LogP contribution is -2.26. The molecule has 0 amide bonds. The lowest BCUT2D eigenvalue weighted by Gasteiger charge is -2.07. The van der Waals surface area contributed by atoms with Gasteiger partial charge in [0, 0.05) is 18.8 Å². The molecule has 2 heterocycles.